The van der Waals surface area contributed by atoms with Gasteiger partial charge in [-0.1, -0.05) is 0 Å². The molecule has 0 fully saturated rings. The van der Waals surface area contributed by atoms with Crippen LogP contribution in [0.4, 0.5) is 0 Å². The van der Waals surface area contributed by atoms with E-state index >= 15 is 0 Å². The fourth-order valence-corrected chi connectivity index (χ4v) is 0. The van der Waals surface area contributed by atoms with Crippen molar-refractivity contribution < 1.29 is 20.4 Å². The molecule has 0 N–H and O–H groups in total. The van der Waals surface area contributed by atoms with Crippen molar-refractivity contribution in [3.05, 3.63) is 0 Å². The molecule has 0 rings (SSSR count). The Balaban J connectivity index is 0. The van der Waals surface area contributed by atoms with Crippen LogP contribution in [0.3, 0.4) is 0 Å². The Labute approximate surface area is 52.1 Å². The summed E-state index contributed by atoms with van der Waals surface area (Å²) in [6.07, 6.45) is 0. The molecule has 1 nitrogen and oxygen atoms in total. The van der Waals surface area contributed by atoms with Gasteiger partial charge in [-0.05, 0) is 0 Å². The normalized spacial score (nSPS) is 2.00. The third-order valence-corrected chi connectivity index (χ3v) is 0. The molecule has 0 aromatic rings. The molecule has 4 heavy (non-hydrogen) atoms. The summed E-state index contributed by atoms with van der Waals surface area (Å²) in [7, 11) is 0. The minimum absolute atomic E-state index is 0. The maximum atomic E-state index is 7.38. The fraction of sp³-hybridized carbons (Fsp3) is 0. The summed E-state index contributed by atoms with van der Waals surface area (Å²) in [6, 6.07) is 0. The predicted molar refractivity (Wildman–Crippen MR) is 12.8 cm³/mol. The minimum Gasteiger partial charge on any atom is 0 e. The van der Waals surface area contributed by atoms with Gasteiger partial charge in [-0.2, -0.15) is 0 Å². The Morgan fingerprint density at radius 3 is 1.75 bits per heavy atom. The second-order valence-electron chi connectivity index (χ2n) is 0.129. The van der Waals surface area contributed by atoms with E-state index in [4.69, 9.17) is 5.26 Å². The zero-order valence-corrected chi connectivity index (χ0v) is 6.69. The molecule has 0 unspecified atom stereocenters. The maximum absolute atomic E-state index is 7.38. The molecular formula is CHNPdSn. The van der Waals surface area contributed by atoms with Crippen molar-refractivity contribution in [1.29, 1.82) is 5.26 Å². The van der Waals surface area contributed by atoms with E-state index in [1.807, 2.05) is 4.09 Å². The molecule has 0 aliphatic carbocycles. The number of hydrogen-bond acceptors (Lipinski definition) is 1. The molecular weight excluding hydrogens is 251 g/mol. The van der Waals surface area contributed by atoms with Crippen LogP contribution in [0.1, 0.15) is 0 Å². The third kappa shape index (κ3) is 12.4. The fourth-order valence-electron chi connectivity index (χ4n) is 0. The first-order valence-electron chi connectivity index (χ1n) is 0.512. The number of nitrogens with zero attached hydrogens (tertiary/aromatic N) is 1. The molecule has 0 aromatic carbocycles. The Hall–Kier alpha value is 0.951. The van der Waals surface area contributed by atoms with Gasteiger partial charge < -0.3 is 0 Å². The van der Waals surface area contributed by atoms with Gasteiger partial charge in [-0.15, -0.1) is 0 Å². The van der Waals surface area contributed by atoms with Crippen molar-refractivity contribution in [2.45, 2.75) is 0 Å². The molecule has 0 bridgehead atoms. The first-order chi connectivity index (χ1) is 1.41. The zero-order chi connectivity index (χ0) is 2.71. The van der Waals surface area contributed by atoms with Crippen LogP contribution in [0, 0.1) is 9.35 Å². The van der Waals surface area contributed by atoms with Crippen LogP contribution in [0.2, 0.25) is 0 Å². The molecule has 3 heteroatoms. The molecule has 0 aromatic heterocycles. The Bertz CT molecular complexity index is 29.5. The van der Waals surface area contributed by atoms with Crippen LogP contribution in [0.5, 0.6) is 0 Å². The van der Waals surface area contributed by atoms with Gasteiger partial charge in [-0.3, -0.25) is 0 Å². The van der Waals surface area contributed by atoms with E-state index < -0.39 is 0 Å². The van der Waals surface area contributed by atoms with E-state index in [-0.39, 0.29) is 20.4 Å². The summed E-state index contributed by atoms with van der Waals surface area (Å²) in [6.45, 7) is 0. The molecule has 0 aliphatic rings. The van der Waals surface area contributed by atoms with Crippen molar-refractivity contribution in [3.8, 4) is 4.09 Å². The molecule has 2 radical (unpaired) electrons. The van der Waals surface area contributed by atoms with Gasteiger partial charge in [-0.25, -0.2) is 0 Å². The zero-order valence-electron chi connectivity index (χ0n) is 1.84. The molecule has 0 saturated carbocycles. The topological polar surface area (TPSA) is 23.8 Å². The van der Waals surface area contributed by atoms with Crippen molar-refractivity contribution in [2.75, 3.05) is 0 Å². The van der Waals surface area contributed by atoms with E-state index in [9.17, 15) is 0 Å². The van der Waals surface area contributed by atoms with Crippen molar-refractivity contribution in [2.24, 2.45) is 0 Å². The Morgan fingerprint density at radius 2 is 1.75 bits per heavy atom. The molecule has 0 aliphatic heterocycles. The van der Waals surface area contributed by atoms with E-state index in [0.717, 1.165) is 22.5 Å². The molecule has 0 spiro atoms. The molecule has 0 atom stereocenters. The van der Waals surface area contributed by atoms with Gasteiger partial charge >= 0.3 is 31.9 Å². The SMILES string of the molecule is N#[C][SnH].[Pd]. The van der Waals surface area contributed by atoms with Crippen molar-refractivity contribution in [1.82, 2.24) is 0 Å². The van der Waals surface area contributed by atoms with Crippen LogP contribution in [0.15, 0.2) is 0 Å². The van der Waals surface area contributed by atoms with E-state index in [0.29, 0.717) is 0 Å². The van der Waals surface area contributed by atoms with E-state index in [1.54, 1.807) is 0 Å². The summed E-state index contributed by atoms with van der Waals surface area (Å²) in [5.41, 5.74) is 0. The van der Waals surface area contributed by atoms with Crippen LogP contribution in [0.25, 0.3) is 0 Å². The largest absolute Gasteiger partial charge is 0 e. The van der Waals surface area contributed by atoms with Gasteiger partial charge in [0.05, 0.1) is 0 Å². The van der Waals surface area contributed by atoms with Gasteiger partial charge in [0, 0.05) is 20.4 Å². The van der Waals surface area contributed by atoms with E-state index in [2.05, 4.69) is 0 Å². The van der Waals surface area contributed by atoms with Gasteiger partial charge in [0.2, 0.25) is 0 Å². The summed E-state index contributed by atoms with van der Waals surface area (Å²) < 4.78 is 1.88. The van der Waals surface area contributed by atoms with Gasteiger partial charge in [0.25, 0.3) is 0 Å². The summed E-state index contributed by atoms with van der Waals surface area (Å²) in [5, 5.41) is 7.38. The quantitative estimate of drug-likeness (QED) is 0.526. The average molecular weight is 252 g/mol. The van der Waals surface area contributed by atoms with E-state index in [1.165, 1.54) is 0 Å². The molecule has 0 amide bonds. The van der Waals surface area contributed by atoms with Crippen LogP contribution in [-0.4, -0.2) is 22.5 Å². The third-order valence-electron chi connectivity index (χ3n) is 0. The molecule has 24 valence electrons. The Kier molecular flexibility index (Phi) is 20.1. The monoisotopic (exact) mass is 253 g/mol. The van der Waals surface area contributed by atoms with Gasteiger partial charge in [0.15, 0.2) is 0 Å². The smallest absolute Gasteiger partial charge is 0 e. The second kappa shape index (κ2) is 9.04. The van der Waals surface area contributed by atoms with Gasteiger partial charge in [0.1, 0.15) is 0 Å². The summed E-state index contributed by atoms with van der Waals surface area (Å²) >= 11 is 0.723. The Morgan fingerprint density at radius 1 is 1.75 bits per heavy atom. The molecule has 0 saturated heterocycles. The van der Waals surface area contributed by atoms with Crippen LogP contribution in [-0.2, 0) is 20.4 Å². The first-order valence-corrected chi connectivity index (χ1v) is 2.16. The number of nitriles is 1. The first kappa shape index (κ1) is 8.88. The number of rotatable bonds is 0. The van der Waals surface area contributed by atoms with Crippen LogP contribution >= 0.6 is 0 Å². The molecule has 0 heterocycles. The number of hydrogen-bond donors (Lipinski definition) is 0. The van der Waals surface area contributed by atoms with Crippen molar-refractivity contribution >= 4 is 22.5 Å². The average Bonchev–Trinajstić information content (AvgIpc) is 0.918. The minimum atomic E-state index is 0. The standard InChI is InChI=1S/CN.Pd.Sn.H/c1-2;;;. The second-order valence-corrected chi connectivity index (χ2v) is 0.866. The summed E-state index contributed by atoms with van der Waals surface area (Å²) in [5.74, 6) is 0. The van der Waals surface area contributed by atoms with Crippen LogP contribution < -0.4 is 0 Å². The predicted octanol–water partition coefficient (Wildman–Crippen LogP) is -0.634. The maximum Gasteiger partial charge on any atom is 0 e. The van der Waals surface area contributed by atoms with Crippen molar-refractivity contribution in [3.63, 3.8) is 0 Å². The summed E-state index contributed by atoms with van der Waals surface area (Å²) in [4.78, 5) is 0.